The summed E-state index contributed by atoms with van der Waals surface area (Å²) < 4.78 is 2.14. The van der Waals surface area contributed by atoms with Crippen molar-refractivity contribution in [3.8, 4) is 0 Å². The van der Waals surface area contributed by atoms with E-state index in [2.05, 4.69) is 51.7 Å². The Hall–Kier alpha value is -3.60. The maximum absolute atomic E-state index is 13.5. The van der Waals surface area contributed by atoms with E-state index in [1.54, 1.807) is 12.1 Å². The Labute approximate surface area is 195 Å². The minimum atomic E-state index is -0.0197. The minimum Gasteiger partial charge on any atom is -0.356 e. The van der Waals surface area contributed by atoms with E-state index in [0.29, 0.717) is 5.39 Å². The van der Waals surface area contributed by atoms with Crippen LogP contribution in [0.4, 0.5) is 11.6 Å². The van der Waals surface area contributed by atoms with Crippen molar-refractivity contribution in [3.63, 3.8) is 0 Å². The van der Waals surface area contributed by atoms with Crippen LogP contribution in [0.15, 0.2) is 83.9 Å². The van der Waals surface area contributed by atoms with E-state index in [1.807, 2.05) is 38.1 Å². The number of nitrogens with zero attached hydrogens (tertiary/aromatic N) is 3. The average Bonchev–Trinajstić information content (AvgIpc) is 3.11. The van der Waals surface area contributed by atoms with Gasteiger partial charge >= 0.3 is 0 Å². The fourth-order valence-corrected chi connectivity index (χ4v) is 4.39. The number of nitrogens with one attached hydrogen (secondary N) is 1. The molecular formula is C28H32N4O. The van der Waals surface area contributed by atoms with Crippen molar-refractivity contribution in [3.05, 3.63) is 95.0 Å². The number of fused-ring (bicyclic) bond motifs is 1. The van der Waals surface area contributed by atoms with Crippen LogP contribution in [0.3, 0.4) is 0 Å². The van der Waals surface area contributed by atoms with Gasteiger partial charge in [0.25, 0.3) is 0 Å². The standard InChI is InChI=1S/C28H32N4O/c1-4-6-14-22(5-2)30-26-20-25(33)27-24(32(26)23-15-10-7-8-11-16-23)19-21(3)29-28(27)31-17-12-9-13-18-31/h4-7,10-11,14-16,19-20,30H,1,8-9,12-13,17-18H2,2-3H3/b14-6-,22-5+. The number of allylic oxidation sites excluding steroid dienone is 10. The molecule has 2 aromatic heterocycles. The fraction of sp³-hybridized carbons (Fsp3) is 0.286. The summed E-state index contributed by atoms with van der Waals surface area (Å²) in [6, 6.07) is 3.72. The minimum absolute atomic E-state index is 0.0197. The SMILES string of the molecule is C=C/C=C\C(=C/C)Nc1cc(=O)c2c(N3CCCCC3)nc(C)cc2n1C1=CC=CCC=C1. The second-order valence-electron chi connectivity index (χ2n) is 8.38. The Bertz CT molecular complexity index is 1250. The van der Waals surface area contributed by atoms with Gasteiger partial charge in [0.1, 0.15) is 11.6 Å². The summed E-state index contributed by atoms with van der Waals surface area (Å²) in [6.45, 7) is 9.60. The van der Waals surface area contributed by atoms with Crippen molar-refractivity contribution in [1.29, 1.82) is 0 Å². The molecule has 170 valence electrons. The molecule has 1 aliphatic carbocycles. The molecule has 1 N–H and O–H groups in total. The topological polar surface area (TPSA) is 50.2 Å². The van der Waals surface area contributed by atoms with Crippen LogP contribution in [0.2, 0.25) is 0 Å². The van der Waals surface area contributed by atoms with Crippen molar-refractivity contribution in [2.45, 2.75) is 39.5 Å². The number of rotatable bonds is 6. The molecule has 0 saturated carbocycles. The van der Waals surface area contributed by atoms with Crippen LogP contribution in [-0.2, 0) is 0 Å². The van der Waals surface area contributed by atoms with E-state index in [-0.39, 0.29) is 5.43 Å². The maximum Gasteiger partial charge on any atom is 0.195 e. The lowest BCUT2D eigenvalue weighted by Crippen LogP contribution is -2.31. The third kappa shape index (κ3) is 4.92. The number of anilines is 2. The van der Waals surface area contributed by atoms with Gasteiger partial charge in [-0.2, -0.15) is 0 Å². The molecule has 5 heteroatoms. The van der Waals surface area contributed by atoms with Gasteiger partial charge in [-0.1, -0.05) is 43.0 Å². The molecular weight excluding hydrogens is 408 g/mol. The lowest BCUT2D eigenvalue weighted by Gasteiger charge is -2.29. The van der Waals surface area contributed by atoms with Gasteiger partial charge in [0, 0.05) is 36.2 Å². The van der Waals surface area contributed by atoms with Gasteiger partial charge in [0.15, 0.2) is 5.43 Å². The van der Waals surface area contributed by atoms with Gasteiger partial charge in [-0.05, 0) is 63.8 Å². The molecule has 1 saturated heterocycles. The molecule has 1 aliphatic heterocycles. The normalized spacial score (nSPS) is 16.8. The first-order chi connectivity index (χ1) is 16.1. The van der Waals surface area contributed by atoms with E-state index in [1.165, 1.54) is 6.42 Å². The Morgan fingerprint density at radius 3 is 2.76 bits per heavy atom. The molecule has 1 fully saturated rings. The van der Waals surface area contributed by atoms with Crippen LogP contribution in [0, 0.1) is 6.92 Å². The Morgan fingerprint density at radius 2 is 2.00 bits per heavy atom. The quantitative estimate of drug-likeness (QED) is 0.551. The number of piperidine rings is 1. The summed E-state index contributed by atoms with van der Waals surface area (Å²) in [4.78, 5) is 20.7. The molecule has 0 aromatic carbocycles. The van der Waals surface area contributed by atoms with E-state index < -0.39 is 0 Å². The molecule has 2 aliphatic rings. The second kappa shape index (κ2) is 10.3. The third-order valence-corrected chi connectivity index (χ3v) is 5.98. The highest BCUT2D eigenvalue weighted by atomic mass is 16.1. The summed E-state index contributed by atoms with van der Waals surface area (Å²) >= 11 is 0. The van der Waals surface area contributed by atoms with Crippen LogP contribution < -0.4 is 15.6 Å². The van der Waals surface area contributed by atoms with Crippen LogP contribution in [0.5, 0.6) is 0 Å². The van der Waals surface area contributed by atoms with E-state index in [0.717, 1.165) is 66.6 Å². The highest BCUT2D eigenvalue weighted by molar-refractivity contribution is 5.94. The molecule has 2 aromatic rings. The van der Waals surface area contributed by atoms with Gasteiger partial charge in [0.05, 0.1) is 10.9 Å². The smallest absolute Gasteiger partial charge is 0.195 e. The Balaban J connectivity index is 2.00. The second-order valence-corrected chi connectivity index (χ2v) is 8.38. The summed E-state index contributed by atoms with van der Waals surface area (Å²) in [5.41, 5.74) is 3.63. The number of aromatic nitrogens is 2. The zero-order valence-corrected chi connectivity index (χ0v) is 19.6. The van der Waals surface area contributed by atoms with Crippen molar-refractivity contribution >= 4 is 28.2 Å². The van der Waals surface area contributed by atoms with Crippen molar-refractivity contribution in [2.24, 2.45) is 0 Å². The van der Waals surface area contributed by atoms with E-state index in [4.69, 9.17) is 4.98 Å². The van der Waals surface area contributed by atoms with Gasteiger partial charge in [0.2, 0.25) is 0 Å². The Kier molecular flexibility index (Phi) is 7.08. The molecule has 5 nitrogen and oxygen atoms in total. The van der Waals surface area contributed by atoms with Crippen LogP contribution >= 0.6 is 0 Å². The summed E-state index contributed by atoms with van der Waals surface area (Å²) in [5.74, 6) is 1.53. The number of hydrogen-bond donors (Lipinski definition) is 1. The lowest BCUT2D eigenvalue weighted by molar-refractivity contribution is 0.574. The number of aryl methyl sites for hydroxylation is 1. The van der Waals surface area contributed by atoms with Crippen molar-refractivity contribution < 1.29 is 0 Å². The molecule has 0 amide bonds. The molecule has 0 bridgehead atoms. The van der Waals surface area contributed by atoms with Crippen LogP contribution in [0.1, 0.15) is 38.3 Å². The molecule has 0 atom stereocenters. The molecule has 0 unspecified atom stereocenters. The molecule has 3 heterocycles. The average molecular weight is 441 g/mol. The van der Waals surface area contributed by atoms with Crippen LogP contribution in [0.25, 0.3) is 16.6 Å². The van der Waals surface area contributed by atoms with Gasteiger partial charge in [-0.3, -0.25) is 9.36 Å². The first-order valence-corrected chi connectivity index (χ1v) is 11.7. The molecule has 0 spiro atoms. The Morgan fingerprint density at radius 1 is 1.18 bits per heavy atom. The lowest BCUT2D eigenvalue weighted by atomic mass is 10.1. The first kappa shape index (κ1) is 22.6. The highest BCUT2D eigenvalue weighted by Crippen LogP contribution is 2.31. The monoisotopic (exact) mass is 440 g/mol. The predicted octanol–water partition coefficient (Wildman–Crippen LogP) is 6.11. The van der Waals surface area contributed by atoms with Crippen LogP contribution in [-0.4, -0.2) is 22.6 Å². The molecule has 33 heavy (non-hydrogen) atoms. The van der Waals surface area contributed by atoms with E-state index in [9.17, 15) is 4.79 Å². The fourth-order valence-electron chi connectivity index (χ4n) is 4.39. The summed E-state index contributed by atoms with van der Waals surface area (Å²) in [6.07, 6.45) is 22.4. The van der Waals surface area contributed by atoms with Gasteiger partial charge < -0.3 is 10.2 Å². The zero-order valence-electron chi connectivity index (χ0n) is 19.6. The number of hydrogen-bond acceptors (Lipinski definition) is 4. The largest absolute Gasteiger partial charge is 0.356 e. The number of pyridine rings is 2. The van der Waals surface area contributed by atoms with Gasteiger partial charge in [-0.25, -0.2) is 4.98 Å². The highest BCUT2D eigenvalue weighted by Gasteiger charge is 2.21. The van der Waals surface area contributed by atoms with Crippen molar-refractivity contribution in [1.82, 2.24) is 9.55 Å². The first-order valence-electron chi connectivity index (χ1n) is 11.7. The summed E-state index contributed by atoms with van der Waals surface area (Å²) in [7, 11) is 0. The van der Waals surface area contributed by atoms with Crippen molar-refractivity contribution in [2.75, 3.05) is 23.3 Å². The molecule has 4 rings (SSSR count). The maximum atomic E-state index is 13.5. The molecule has 0 radical (unpaired) electrons. The third-order valence-electron chi connectivity index (χ3n) is 5.98. The van der Waals surface area contributed by atoms with Gasteiger partial charge in [-0.15, -0.1) is 0 Å². The zero-order chi connectivity index (χ0) is 23.2. The predicted molar refractivity (Wildman–Crippen MR) is 141 cm³/mol. The summed E-state index contributed by atoms with van der Waals surface area (Å²) in [5, 5.41) is 4.14. The van der Waals surface area contributed by atoms with E-state index >= 15 is 0 Å².